The molecule has 1 aliphatic carbocycles. The predicted octanol–water partition coefficient (Wildman–Crippen LogP) is 3.99. The van der Waals surface area contributed by atoms with E-state index in [2.05, 4.69) is 31.2 Å². The first-order valence-electron chi connectivity index (χ1n) is 7.95. The first-order chi connectivity index (χ1) is 10.3. The highest BCUT2D eigenvalue weighted by molar-refractivity contribution is 7.86. The lowest BCUT2D eigenvalue weighted by Crippen LogP contribution is -2.27. The maximum absolute atomic E-state index is 11.9. The number of hydrogen-bond donors (Lipinski definition) is 0. The first kappa shape index (κ1) is 15.5. The van der Waals surface area contributed by atoms with Crippen LogP contribution in [-0.4, -0.2) is 14.1 Å². The van der Waals surface area contributed by atoms with E-state index in [0.29, 0.717) is 11.5 Å². The summed E-state index contributed by atoms with van der Waals surface area (Å²) in [5.41, 5.74) is 2.72. The smallest absolute Gasteiger partial charge is 0.365 e. The maximum atomic E-state index is 11.9. The van der Waals surface area contributed by atoms with Gasteiger partial charge in [-0.1, -0.05) is 46.1 Å². The Kier molecular flexibility index (Phi) is 3.79. The van der Waals surface area contributed by atoms with Crippen LogP contribution in [0.4, 0.5) is 0 Å². The standard InChI is InChI=1S/C17H23NO3S/c1-17(2,3)13-9-10-15-14(11-13)16(18-22(19,20)21-15)12-7-5-4-6-8-12/h9-12H,4-8H2,1-3H3. The van der Waals surface area contributed by atoms with Crippen LogP contribution in [0, 0.1) is 5.92 Å². The average Bonchev–Trinajstić information content (AvgIpc) is 2.45. The Morgan fingerprint density at radius 3 is 2.45 bits per heavy atom. The number of fused-ring (bicyclic) bond motifs is 1. The van der Waals surface area contributed by atoms with Gasteiger partial charge >= 0.3 is 10.3 Å². The second kappa shape index (κ2) is 5.37. The molecule has 0 amide bonds. The predicted molar refractivity (Wildman–Crippen MR) is 87.8 cm³/mol. The van der Waals surface area contributed by atoms with E-state index < -0.39 is 10.3 Å². The van der Waals surface area contributed by atoms with Gasteiger partial charge in [0.2, 0.25) is 0 Å². The molecular weight excluding hydrogens is 298 g/mol. The van der Waals surface area contributed by atoms with Crippen LogP contribution < -0.4 is 4.18 Å². The molecule has 0 N–H and O–H groups in total. The normalized spacial score (nSPS) is 21.7. The molecule has 0 aromatic heterocycles. The highest BCUT2D eigenvalue weighted by Gasteiger charge is 2.31. The Morgan fingerprint density at radius 2 is 1.82 bits per heavy atom. The second-order valence-electron chi connectivity index (χ2n) is 7.28. The quantitative estimate of drug-likeness (QED) is 0.786. The van der Waals surface area contributed by atoms with E-state index in [1.54, 1.807) is 6.07 Å². The molecule has 1 fully saturated rings. The van der Waals surface area contributed by atoms with Crippen LogP contribution in [-0.2, 0) is 15.7 Å². The Bertz CT molecular complexity index is 708. The van der Waals surface area contributed by atoms with Crippen LogP contribution in [0.3, 0.4) is 0 Å². The summed E-state index contributed by atoms with van der Waals surface area (Å²) >= 11 is 0. The van der Waals surface area contributed by atoms with Gasteiger partial charge in [0.25, 0.3) is 0 Å². The van der Waals surface area contributed by atoms with E-state index in [1.165, 1.54) is 6.42 Å². The minimum absolute atomic E-state index is 0.00300. The molecular formula is C17H23NO3S. The summed E-state index contributed by atoms with van der Waals surface area (Å²) in [5, 5.41) is 0. The summed E-state index contributed by atoms with van der Waals surface area (Å²) in [6, 6.07) is 5.76. The Balaban J connectivity index is 2.10. The summed E-state index contributed by atoms with van der Waals surface area (Å²) in [6.07, 6.45) is 5.51. The van der Waals surface area contributed by atoms with E-state index in [-0.39, 0.29) is 11.3 Å². The molecule has 0 radical (unpaired) electrons. The maximum Gasteiger partial charge on any atom is 0.428 e. The van der Waals surface area contributed by atoms with Crippen LogP contribution in [0.2, 0.25) is 0 Å². The lowest BCUT2D eigenvalue weighted by Gasteiger charge is -2.28. The number of benzene rings is 1. The van der Waals surface area contributed by atoms with Gasteiger partial charge in [-0.3, -0.25) is 0 Å². The van der Waals surface area contributed by atoms with Crippen molar-refractivity contribution in [3.63, 3.8) is 0 Å². The highest BCUT2D eigenvalue weighted by Crippen LogP contribution is 2.37. The van der Waals surface area contributed by atoms with Crippen molar-refractivity contribution in [1.82, 2.24) is 0 Å². The van der Waals surface area contributed by atoms with Crippen molar-refractivity contribution in [2.24, 2.45) is 10.3 Å². The summed E-state index contributed by atoms with van der Waals surface area (Å²) < 4.78 is 32.9. The molecule has 0 unspecified atom stereocenters. The van der Waals surface area contributed by atoms with Gasteiger partial charge in [-0.15, -0.1) is 4.40 Å². The Morgan fingerprint density at radius 1 is 1.14 bits per heavy atom. The molecule has 5 heteroatoms. The van der Waals surface area contributed by atoms with Gasteiger partial charge < -0.3 is 4.18 Å². The molecule has 0 saturated heterocycles. The van der Waals surface area contributed by atoms with E-state index in [1.807, 2.05) is 6.07 Å². The molecule has 3 rings (SSSR count). The van der Waals surface area contributed by atoms with Crippen molar-refractivity contribution in [2.45, 2.75) is 58.3 Å². The highest BCUT2D eigenvalue weighted by atomic mass is 32.2. The van der Waals surface area contributed by atoms with Crippen molar-refractivity contribution in [2.75, 3.05) is 0 Å². The SMILES string of the molecule is CC(C)(C)c1ccc2c(c1)C(C1CCCCC1)=NS(=O)(=O)O2. The summed E-state index contributed by atoms with van der Waals surface area (Å²) in [6.45, 7) is 6.44. The molecule has 1 aromatic carbocycles. The molecule has 2 aliphatic rings. The zero-order valence-corrected chi connectivity index (χ0v) is 14.2. The van der Waals surface area contributed by atoms with Crippen LogP contribution in [0.15, 0.2) is 22.6 Å². The first-order valence-corrected chi connectivity index (χ1v) is 9.32. The molecule has 1 saturated carbocycles. The molecule has 1 aromatic rings. The van der Waals surface area contributed by atoms with Crippen LogP contribution >= 0.6 is 0 Å². The van der Waals surface area contributed by atoms with E-state index in [0.717, 1.165) is 36.8 Å². The van der Waals surface area contributed by atoms with Gasteiger partial charge in [0, 0.05) is 11.5 Å². The fourth-order valence-electron chi connectivity index (χ4n) is 3.24. The van der Waals surface area contributed by atoms with Gasteiger partial charge in [0.15, 0.2) is 5.75 Å². The molecule has 4 nitrogen and oxygen atoms in total. The van der Waals surface area contributed by atoms with Crippen molar-refractivity contribution < 1.29 is 12.6 Å². The number of hydrogen-bond acceptors (Lipinski definition) is 3. The van der Waals surface area contributed by atoms with Gasteiger partial charge in [-0.05, 0) is 36.0 Å². The van der Waals surface area contributed by atoms with E-state index in [9.17, 15) is 8.42 Å². The monoisotopic (exact) mass is 321 g/mol. The molecule has 120 valence electrons. The van der Waals surface area contributed by atoms with E-state index >= 15 is 0 Å². The molecule has 1 aliphatic heterocycles. The fourth-order valence-corrected chi connectivity index (χ4v) is 4.14. The Labute approximate surface area is 132 Å². The number of rotatable bonds is 1. The van der Waals surface area contributed by atoms with Crippen molar-refractivity contribution in [3.8, 4) is 5.75 Å². The van der Waals surface area contributed by atoms with Gasteiger partial charge in [0.1, 0.15) is 0 Å². The number of nitrogens with zero attached hydrogens (tertiary/aromatic N) is 1. The summed E-state index contributed by atoms with van der Waals surface area (Å²) in [4.78, 5) is 0. The summed E-state index contributed by atoms with van der Waals surface area (Å²) in [7, 11) is -3.86. The van der Waals surface area contributed by atoms with Crippen LogP contribution in [0.5, 0.6) is 5.75 Å². The van der Waals surface area contributed by atoms with Crippen molar-refractivity contribution >= 4 is 16.0 Å². The minimum atomic E-state index is -3.86. The van der Waals surface area contributed by atoms with E-state index in [4.69, 9.17) is 4.18 Å². The van der Waals surface area contributed by atoms with Crippen molar-refractivity contribution in [1.29, 1.82) is 0 Å². The average molecular weight is 321 g/mol. The lowest BCUT2D eigenvalue weighted by molar-refractivity contribution is 0.435. The van der Waals surface area contributed by atoms with Crippen LogP contribution in [0.1, 0.15) is 64.0 Å². The third-order valence-corrected chi connectivity index (χ3v) is 5.33. The topological polar surface area (TPSA) is 55.7 Å². The fraction of sp³-hybridized carbons (Fsp3) is 0.588. The molecule has 0 atom stereocenters. The third kappa shape index (κ3) is 3.05. The largest absolute Gasteiger partial charge is 0.428 e. The minimum Gasteiger partial charge on any atom is -0.365 e. The zero-order valence-electron chi connectivity index (χ0n) is 13.4. The summed E-state index contributed by atoms with van der Waals surface area (Å²) in [5.74, 6) is 0.643. The van der Waals surface area contributed by atoms with Gasteiger partial charge in [0.05, 0.1) is 5.71 Å². The van der Waals surface area contributed by atoms with Crippen LogP contribution in [0.25, 0.3) is 0 Å². The molecule has 0 spiro atoms. The third-order valence-electron chi connectivity index (χ3n) is 4.52. The van der Waals surface area contributed by atoms with Gasteiger partial charge in [-0.25, -0.2) is 0 Å². The van der Waals surface area contributed by atoms with Gasteiger partial charge in [-0.2, -0.15) is 8.42 Å². The van der Waals surface area contributed by atoms with Crippen molar-refractivity contribution in [3.05, 3.63) is 29.3 Å². The second-order valence-corrected chi connectivity index (χ2v) is 8.49. The zero-order chi connectivity index (χ0) is 16.0. The Hall–Kier alpha value is -1.36. The molecule has 22 heavy (non-hydrogen) atoms. The molecule has 0 bridgehead atoms. The lowest BCUT2D eigenvalue weighted by atomic mass is 9.80. The molecule has 1 heterocycles.